The Bertz CT molecular complexity index is 69.4. The highest BCUT2D eigenvalue weighted by Gasteiger charge is 1.84. The van der Waals surface area contributed by atoms with Gasteiger partial charge in [-0.15, -0.1) is 0 Å². The van der Waals surface area contributed by atoms with Crippen LogP contribution < -0.4 is 0 Å². The highest BCUT2D eigenvalue weighted by atomic mass is 32.2. The molecule has 0 amide bonds. The van der Waals surface area contributed by atoms with E-state index in [2.05, 4.69) is 12.6 Å². The topological polar surface area (TPSA) is 98.0 Å². The van der Waals surface area contributed by atoms with E-state index >= 15 is 0 Å². The minimum Gasteiger partial charge on any atom is -0.367 e. The van der Waals surface area contributed by atoms with E-state index in [0.29, 0.717) is 0 Å². The van der Waals surface area contributed by atoms with Gasteiger partial charge in [-0.3, -0.25) is 9.11 Å². The summed E-state index contributed by atoms with van der Waals surface area (Å²) in [6, 6.07) is 0. The molecule has 0 aromatic rings. The van der Waals surface area contributed by atoms with Crippen molar-refractivity contribution in [1.29, 1.82) is 0 Å². The summed E-state index contributed by atoms with van der Waals surface area (Å²) in [6.45, 7) is 0. The number of hydrogen-bond acceptors (Lipinski definition) is 4. The van der Waals surface area contributed by atoms with Gasteiger partial charge in [0.05, 0.1) is 0 Å². The molecule has 0 unspecified atom stereocenters. The monoisotopic (exact) mass is 176 g/mol. The van der Waals surface area contributed by atoms with E-state index in [9.17, 15) is 0 Å². The smallest absolute Gasteiger partial charge is 0.299 e. The Morgan fingerprint density at radius 2 is 1.56 bits per heavy atom. The standard InChI is InChI=1S/C2H6O2S.H2O3S/c3-2(4)1-5;1-4(2)3/h2-5H,1H2;(H2,1,2,3). The molecule has 4 N–H and O–H groups in total. The summed E-state index contributed by atoms with van der Waals surface area (Å²) in [4.78, 5) is 0. The summed E-state index contributed by atoms with van der Waals surface area (Å²) in [5.41, 5.74) is 0. The first-order valence-electron chi connectivity index (χ1n) is 1.77. The van der Waals surface area contributed by atoms with Gasteiger partial charge < -0.3 is 10.2 Å². The zero-order valence-corrected chi connectivity index (χ0v) is 6.05. The fraction of sp³-hybridized carbons (Fsp3) is 1.00. The molecule has 0 aromatic heterocycles. The molecule has 0 spiro atoms. The van der Waals surface area contributed by atoms with Gasteiger partial charge in [-0.05, 0) is 0 Å². The van der Waals surface area contributed by atoms with Crippen molar-refractivity contribution in [1.82, 2.24) is 0 Å². The van der Waals surface area contributed by atoms with Crippen molar-refractivity contribution >= 4 is 24.0 Å². The van der Waals surface area contributed by atoms with Gasteiger partial charge >= 0.3 is 0 Å². The first kappa shape index (κ1) is 12.1. The molecular formula is C2H8O5S2. The van der Waals surface area contributed by atoms with Gasteiger partial charge in [-0.2, -0.15) is 16.8 Å². The minimum absolute atomic E-state index is 0.111. The van der Waals surface area contributed by atoms with Gasteiger partial charge in [0.15, 0.2) is 6.29 Å². The quantitative estimate of drug-likeness (QED) is 0.199. The Kier molecular flexibility index (Phi) is 11.2. The van der Waals surface area contributed by atoms with Gasteiger partial charge in [0.25, 0.3) is 11.4 Å². The molecule has 0 fully saturated rings. The predicted octanol–water partition coefficient (Wildman–Crippen LogP) is -1.09. The van der Waals surface area contributed by atoms with Crippen molar-refractivity contribution in [2.45, 2.75) is 6.29 Å². The van der Waals surface area contributed by atoms with E-state index in [4.69, 9.17) is 23.5 Å². The molecule has 0 aliphatic carbocycles. The van der Waals surface area contributed by atoms with E-state index in [1.54, 1.807) is 0 Å². The summed E-state index contributed by atoms with van der Waals surface area (Å²) in [5.74, 6) is 0.111. The molecule has 9 heavy (non-hydrogen) atoms. The van der Waals surface area contributed by atoms with Gasteiger partial charge in [-0.1, -0.05) is 0 Å². The third kappa shape index (κ3) is 61.2. The number of thiol groups is 1. The first-order valence-corrected chi connectivity index (χ1v) is 3.47. The normalized spacial score (nSPS) is 9.22. The van der Waals surface area contributed by atoms with Crippen molar-refractivity contribution in [2.24, 2.45) is 0 Å². The molecular weight excluding hydrogens is 168 g/mol. The first-order chi connectivity index (χ1) is 4.00. The van der Waals surface area contributed by atoms with Crippen LogP contribution in [0.5, 0.6) is 0 Å². The highest BCUT2D eigenvalue weighted by molar-refractivity contribution is 7.80. The molecule has 7 heteroatoms. The molecule has 0 heterocycles. The Morgan fingerprint density at radius 1 is 1.44 bits per heavy atom. The van der Waals surface area contributed by atoms with Crippen LogP contribution in [-0.2, 0) is 11.4 Å². The SMILES string of the molecule is O=S(O)O.OC(O)CS. The summed E-state index contributed by atoms with van der Waals surface area (Å²) in [5, 5.41) is 15.7. The zero-order valence-electron chi connectivity index (χ0n) is 4.34. The average molecular weight is 176 g/mol. The number of aliphatic hydroxyl groups is 2. The lowest BCUT2D eigenvalue weighted by Gasteiger charge is -1.89. The molecule has 0 rings (SSSR count). The second kappa shape index (κ2) is 8.34. The van der Waals surface area contributed by atoms with Crippen molar-refractivity contribution < 1.29 is 23.5 Å². The molecule has 0 saturated carbocycles. The summed E-state index contributed by atoms with van der Waals surface area (Å²) < 4.78 is 22.8. The van der Waals surface area contributed by atoms with Crippen LogP contribution in [0.2, 0.25) is 0 Å². The molecule has 0 aliphatic rings. The van der Waals surface area contributed by atoms with Crippen LogP contribution in [-0.4, -0.2) is 35.6 Å². The van der Waals surface area contributed by atoms with E-state index in [0.717, 1.165) is 0 Å². The summed E-state index contributed by atoms with van der Waals surface area (Å²) in [6.07, 6.45) is -1.25. The van der Waals surface area contributed by atoms with Crippen LogP contribution >= 0.6 is 12.6 Å². The fourth-order valence-electron chi connectivity index (χ4n) is 0. The van der Waals surface area contributed by atoms with Gasteiger partial charge in [0.2, 0.25) is 0 Å². The van der Waals surface area contributed by atoms with Crippen LogP contribution in [0, 0.1) is 0 Å². The van der Waals surface area contributed by atoms with Crippen LogP contribution in [0.15, 0.2) is 0 Å². The third-order valence-electron chi connectivity index (χ3n) is 0.163. The molecule has 0 bridgehead atoms. The van der Waals surface area contributed by atoms with Crippen molar-refractivity contribution in [3.05, 3.63) is 0 Å². The van der Waals surface area contributed by atoms with Gasteiger partial charge in [0.1, 0.15) is 0 Å². The van der Waals surface area contributed by atoms with Crippen LogP contribution in [0.3, 0.4) is 0 Å². The Morgan fingerprint density at radius 3 is 1.56 bits per heavy atom. The number of rotatable bonds is 1. The van der Waals surface area contributed by atoms with Crippen LogP contribution in [0.25, 0.3) is 0 Å². The minimum atomic E-state index is -2.61. The number of hydrogen-bond donors (Lipinski definition) is 5. The molecule has 0 aliphatic heterocycles. The van der Waals surface area contributed by atoms with Crippen molar-refractivity contribution in [3.63, 3.8) is 0 Å². The average Bonchev–Trinajstić information content (AvgIpc) is 1.65. The summed E-state index contributed by atoms with van der Waals surface area (Å²) in [7, 11) is 0. The molecule has 0 saturated heterocycles. The Labute approximate surface area is 60.2 Å². The lowest BCUT2D eigenvalue weighted by molar-refractivity contribution is -0.0183. The van der Waals surface area contributed by atoms with E-state index < -0.39 is 17.7 Å². The van der Waals surface area contributed by atoms with Crippen LogP contribution in [0.4, 0.5) is 0 Å². The van der Waals surface area contributed by atoms with Crippen molar-refractivity contribution in [2.75, 3.05) is 5.75 Å². The van der Waals surface area contributed by atoms with Gasteiger partial charge in [-0.25, -0.2) is 0 Å². The second-order valence-corrected chi connectivity index (χ2v) is 1.72. The molecule has 0 atom stereocenters. The molecule has 0 aromatic carbocycles. The second-order valence-electron chi connectivity index (χ2n) is 0.894. The largest absolute Gasteiger partial charge is 0.367 e. The van der Waals surface area contributed by atoms with E-state index in [1.807, 2.05) is 0 Å². The zero-order chi connectivity index (χ0) is 7.86. The number of aliphatic hydroxyl groups excluding tert-OH is 1. The Hall–Kier alpha value is 0.340. The maximum absolute atomic E-state index is 8.67. The maximum atomic E-state index is 8.67. The van der Waals surface area contributed by atoms with Crippen molar-refractivity contribution in [3.8, 4) is 0 Å². The van der Waals surface area contributed by atoms with E-state index in [1.165, 1.54) is 0 Å². The predicted molar refractivity (Wildman–Crippen MR) is 35.5 cm³/mol. The maximum Gasteiger partial charge on any atom is 0.299 e. The summed E-state index contributed by atoms with van der Waals surface area (Å²) >= 11 is 0.904. The highest BCUT2D eigenvalue weighted by Crippen LogP contribution is 1.75. The Balaban J connectivity index is 0. The lowest BCUT2D eigenvalue weighted by Crippen LogP contribution is -2.03. The van der Waals surface area contributed by atoms with Crippen LogP contribution in [0.1, 0.15) is 0 Å². The third-order valence-corrected chi connectivity index (χ3v) is 0.490. The molecule has 0 radical (unpaired) electrons. The fourth-order valence-corrected chi connectivity index (χ4v) is 0. The molecule has 5 nitrogen and oxygen atoms in total. The lowest BCUT2D eigenvalue weighted by atomic mass is 10.8. The van der Waals surface area contributed by atoms with E-state index in [-0.39, 0.29) is 5.75 Å². The van der Waals surface area contributed by atoms with Gasteiger partial charge in [0, 0.05) is 5.75 Å². The molecule has 58 valence electrons.